The first-order chi connectivity index (χ1) is 8.12. The van der Waals surface area contributed by atoms with Crippen LogP contribution in [0.15, 0.2) is 5.16 Å². The maximum atomic E-state index is 4.07. The van der Waals surface area contributed by atoms with Crippen molar-refractivity contribution < 1.29 is 0 Å². The monoisotopic (exact) mass is 255 g/mol. The van der Waals surface area contributed by atoms with E-state index in [1.54, 1.807) is 11.8 Å². The first-order valence-corrected chi connectivity index (χ1v) is 7.26. The van der Waals surface area contributed by atoms with Gasteiger partial charge in [-0.3, -0.25) is 0 Å². The normalized spacial score (nSPS) is 16.4. The molecule has 0 radical (unpaired) electrons. The lowest BCUT2D eigenvalue weighted by Crippen LogP contribution is -2.39. The molecule has 1 aliphatic carbocycles. The molecule has 0 aromatic carbocycles. The molecule has 0 unspecified atom stereocenters. The number of hydrogen-bond donors (Lipinski definition) is 1. The first kappa shape index (κ1) is 12.8. The Kier molecular flexibility index (Phi) is 4.04. The Morgan fingerprint density at radius 3 is 2.88 bits per heavy atom. The standard InChI is InChI=1S/C11H21N5S/c1-4-11(2,3)12-7-8-17-10-13-14-15-16(10)9-5-6-9/h9,12H,4-8H2,1-3H3. The Morgan fingerprint density at radius 2 is 2.24 bits per heavy atom. The molecule has 0 aliphatic heterocycles. The van der Waals surface area contributed by atoms with Gasteiger partial charge in [0.25, 0.3) is 0 Å². The zero-order valence-corrected chi connectivity index (χ0v) is 11.6. The summed E-state index contributed by atoms with van der Waals surface area (Å²) in [5.74, 6) is 1.01. The van der Waals surface area contributed by atoms with Gasteiger partial charge in [-0.15, -0.1) is 5.10 Å². The second-order valence-electron chi connectivity index (χ2n) is 5.15. The molecular formula is C11H21N5S. The highest BCUT2D eigenvalue weighted by Crippen LogP contribution is 2.36. The highest BCUT2D eigenvalue weighted by atomic mass is 32.2. The molecule has 1 N–H and O–H groups in total. The smallest absolute Gasteiger partial charge is 0.209 e. The van der Waals surface area contributed by atoms with Gasteiger partial charge < -0.3 is 5.32 Å². The number of aromatic nitrogens is 4. The Morgan fingerprint density at radius 1 is 1.47 bits per heavy atom. The Hall–Kier alpha value is -0.620. The lowest BCUT2D eigenvalue weighted by molar-refractivity contribution is 0.388. The predicted octanol–water partition coefficient (Wildman–Crippen LogP) is 1.88. The predicted molar refractivity (Wildman–Crippen MR) is 69.2 cm³/mol. The van der Waals surface area contributed by atoms with Crippen LogP contribution in [0.3, 0.4) is 0 Å². The van der Waals surface area contributed by atoms with Gasteiger partial charge in [-0.25, -0.2) is 4.68 Å². The molecule has 1 fully saturated rings. The minimum atomic E-state index is 0.225. The topological polar surface area (TPSA) is 55.6 Å². The van der Waals surface area contributed by atoms with Crippen LogP contribution in [0.5, 0.6) is 0 Å². The fourth-order valence-electron chi connectivity index (χ4n) is 1.49. The number of rotatable bonds is 7. The summed E-state index contributed by atoms with van der Waals surface area (Å²) in [6.07, 6.45) is 3.58. The lowest BCUT2D eigenvalue weighted by atomic mass is 10.0. The van der Waals surface area contributed by atoms with Crippen LogP contribution in [0.4, 0.5) is 0 Å². The molecule has 6 heteroatoms. The molecule has 0 amide bonds. The second kappa shape index (κ2) is 5.35. The van der Waals surface area contributed by atoms with Gasteiger partial charge in [-0.05, 0) is 43.5 Å². The molecule has 17 heavy (non-hydrogen) atoms. The third kappa shape index (κ3) is 3.67. The molecule has 96 valence electrons. The molecule has 1 heterocycles. The number of thioether (sulfide) groups is 1. The van der Waals surface area contributed by atoms with Crippen molar-refractivity contribution in [3.8, 4) is 0 Å². The molecule has 0 saturated heterocycles. The second-order valence-corrected chi connectivity index (χ2v) is 6.21. The van der Waals surface area contributed by atoms with Crippen LogP contribution in [-0.2, 0) is 0 Å². The van der Waals surface area contributed by atoms with Crippen LogP contribution in [0.1, 0.15) is 46.1 Å². The minimum Gasteiger partial charge on any atom is -0.311 e. The number of tetrazole rings is 1. The maximum absolute atomic E-state index is 4.07. The molecule has 0 atom stereocenters. The fraction of sp³-hybridized carbons (Fsp3) is 0.909. The summed E-state index contributed by atoms with van der Waals surface area (Å²) in [4.78, 5) is 0. The molecule has 2 rings (SSSR count). The molecule has 1 aromatic rings. The Bertz CT molecular complexity index is 358. The van der Waals surface area contributed by atoms with Crippen molar-refractivity contribution in [3.05, 3.63) is 0 Å². The molecule has 5 nitrogen and oxygen atoms in total. The lowest BCUT2D eigenvalue weighted by Gasteiger charge is -2.24. The summed E-state index contributed by atoms with van der Waals surface area (Å²) in [6.45, 7) is 7.65. The van der Waals surface area contributed by atoms with Gasteiger partial charge in [0.2, 0.25) is 5.16 Å². The summed E-state index contributed by atoms with van der Waals surface area (Å²) < 4.78 is 1.97. The van der Waals surface area contributed by atoms with E-state index in [1.165, 1.54) is 12.8 Å². The molecule has 1 aromatic heterocycles. The average Bonchev–Trinajstić information content (AvgIpc) is 3.05. The third-order valence-electron chi connectivity index (χ3n) is 3.18. The van der Waals surface area contributed by atoms with Crippen molar-refractivity contribution in [3.63, 3.8) is 0 Å². The van der Waals surface area contributed by atoms with Gasteiger partial charge in [0.05, 0.1) is 6.04 Å². The van der Waals surface area contributed by atoms with Crippen LogP contribution < -0.4 is 5.32 Å². The Balaban J connectivity index is 1.73. The highest BCUT2D eigenvalue weighted by Gasteiger charge is 2.27. The summed E-state index contributed by atoms with van der Waals surface area (Å²) in [5.41, 5.74) is 0.225. The van der Waals surface area contributed by atoms with E-state index in [9.17, 15) is 0 Å². The molecule has 1 saturated carbocycles. The summed E-state index contributed by atoms with van der Waals surface area (Å²) >= 11 is 1.74. The van der Waals surface area contributed by atoms with Gasteiger partial charge in [0.1, 0.15) is 0 Å². The van der Waals surface area contributed by atoms with E-state index in [4.69, 9.17) is 0 Å². The van der Waals surface area contributed by atoms with E-state index in [0.717, 1.165) is 23.9 Å². The van der Waals surface area contributed by atoms with E-state index < -0.39 is 0 Å². The van der Waals surface area contributed by atoms with Crippen LogP contribution in [0, 0.1) is 0 Å². The highest BCUT2D eigenvalue weighted by molar-refractivity contribution is 7.99. The average molecular weight is 255 g/mol. The van der Waals surface area contributed by atoms with Crippen molar-refractivity contribution >= 4 is 11.8 Å². The van der Waals surface area contributed by atoms with Crippen molar-refractivity contribution in [2.45, 2.75) is 56.8 Å². The van der Waals surface area contributed by atoms with Crippen molar-refractivity contribution in [2.75, 3.05) is 12.3 Å². The van der Waals surface area contributed by atoms with Gasteiger partial charge in [-0.1, -0.05) is 18.7 Å². The van der Waals surface area contributed by atoms with Crippen molar-refractivity contribution in [1.29, 1.82) is 0 Å². The zero-order valence-electron chi connectivity index (χ0n) is 10.8. The van der Waals surface area contributed by atoms with Gasteiger partial charge in [0.15, 0.2) is 0 Å². The number of nitrogens with one attached hydrogen (secondary N) is 1. The summed E-state index contributed by atoms with van der Waals surface area (Å²) in [6, 6.07) is 0.563. The van der Waals surface area contributed by atoms with Crippen LogP contribution in [0.2, 0.25) is 0 Å². The SMILES string of the molecule is CCC(C)(C)NCCSc1nnnn1C1CC1. The largest absolute Gasteiger partial charge is 0.311 e. The van der Waals surface area contributed by atoms with Gasteiger partial charge >= 0.3 is 0 Å². The first-order valence-electron chi connectivity index (χ1n) is 6.28. The number of hydrogen-bond acceptors (Lipinski definition) is 5. The fourth-order valence-corrected chi connectivity index (χ4v) is 2.28. The van der Waals surface area contributed by atoms with Crippen LogP contribution in [-0.4, -0.2) is 38.0 Å². The minimum absolute atomic E-state index is 0.225. The molecule has 0 bridgehead atoms. The quantitative estimate of drug-likeness (QED) is 0.595. The van der Waals surface area contributed by atoms with E-state index in [0.29, 0.717) is 6.04 Å². The molecular weight excluding hydrogens is 234 g/mol. The molecule has 1 aliphatic rings. The van der Waals surface area contributed by atoms with E-state index in [2.05, 4.69) is 41.6 Å². The Labute approximate surface area is 107 Å². The number of nitrogens with zero attached hydrogens (tertiary/aromatic N) is 4. The van der Waals surface area contributed by atoms with E-state index >= 15 is 0 Å². The van der Waals surface area contributed by atoms with Gasteiger partial charge in [0, 0.05) is 17.8 Å². The van der Waals surface area contributed by atoms with E-state index in [-0.39, 0.29) is 5.54 Å². The summed E-state index contributed by atoms with van der Waals surface area (Å²) in [5, 5.41) is 16.4. The zero-order chi connectivity index (χ0) is 12.3. The summed E-state index contributed by atoms with van der Waals surface area (Å²) in [7, 11) is 0. The third-order valence-corrected chi connectivity index (χ3v) is 4.11. The molecule has 0 spiro atoms. The van der Waals surface area contributed by atoms with Gasteiger partial charge in [-0.2, -0.15) is 0 Å². The van der Waals surface area contributed by atoms with Crippen molar-refractivity contribution in [1.82, 2.24) is 25.5 Å². The van der Waals surface area contributed by atoms with Crippen molar-refractivity contribution in [2.24, 2.45) is 0 Å². The van der Waals surface area contributed by atoms with Crippen LogP contribution >= 0.6 is 11.8 Å². The maximum Gasteiger partial charge on any atom is 0.209 e. The van der Waals surface area contributed by atoms with E-state index in [1.807, 2.05) is 4.68 Å². The van der Waals surface area contributed by atoms with Crippen LogP contribution in [0.25, 0.3) is 0 Å².